The van der Waals surface area contributed by atoms with Gasteiger partial charge in [-0.05, 0) is 13.0 Å². The van der Waals surface area contributed by atoms with Crippen LogP contribution in [0.15, 0.2) is 12.3 Å². The highest BCUT2D eigenvalue weighted by atomic mass is 16.5. The Bertz CT molecular complexity index is 506. The summed E-state index contributed by atoms with van der Waals surface area (Å²) < 4.78 is 6.96. The summed E-state index contributed by atoms with van der Waals surface area (Å²) in [4.78, 5) is 12.1. The van der Waals surface area contributed by atoms with Gasteiger partial charge in [0.05, 0.1) is 18.3 Å². The second kappa shape index (κ2) is 7.16. The number of hydrogen-bond acceptors (Lipinski definition) is 7. The van der Waals surface area contributed by atoms with Gasteiger partial charge >= 0.3 is 0 Å². The van der Waals surface area contributed by atoms with Crippen LogP contribution < -0.4 is 11.1 Å². The lowest BCUT2D eigenvalue weighted by molar-refractivity contribution is -0.218. The van der Waals surface area contributed by atoms with E-state index in [0.717, 1.165) is 5.69 Å². The number of amides is 1. The number of ether oxygens (including phenoxy) is 1. The molecule has 1 aliphatic heterocycles. The first-order valence-corrected chi connectivity index (χ1v) is 7.11. The molecule has 2 rings (SSSR count). The molecule has 0 bridgehead atoms. The minimum Gasteiger partial charge on any atom is -0.388 e. The van der Waals surface area contributed by atoms with E-state index in [2.05, 4.69) is 10.4 Å². The number of aromatic nitrogens is 2. The number of aliphatic hydroxyl groups excluding tert-OH is 3. The van der Waals surface area contributed by atoms with E-state index in [1.54, 1.807) is 10.9 Å². The standard InChI is InChI=1S/C13H22N4O5/c1-7-2-4-17(16-7)5-3-15-13(21)12-11(20)10(19)9(18)8(6-14)22-12/h2,4,8-12,18-20H,3,5-6,14H2,1H3,(H,15,21)/t8-,9-,10+,11+,12-/m0/s1. The molecule has 1 aromatic rings. The third kappa shape index (κ3) is 3.62. The van der Waals surface area contributed by atoms with Crippen LogP contribution >= 0.6 is 0 Å². The molecule has 9 heteroatoms. The molecule has 2 heterocycles. The lowest BCUT2D eigenvalue weighted by atomic mass is 9.94. The lowest BCUT2D eigenvalue weighted by Crippen LogP contribution is -2.63. The molecule has 0 aromatic carbocycles. The normalized spacial score (nSPS) is 32.0. The SMILES string of the molecule is Cc1ccn(CCNC(=O)[C@H]2O[C@@H](CN)[C@H](O)[C@@H](O)[C@H]2O)n1. The molecule has 0 radical (unpaired) electrons. The molecule has 1 amide bonds. The van der Waals surface area contributed by atoms with E-state index in [4.69, 9.17) is 10.5 Å². The van der Waals surface area contributed by atoms with Gasteiger partial charge in [0.15, 0.2) is 6.10 Å². The molecule has 0 unspecified atom stereocenters. The maximum Gasteiger partial charge on any atom is 0.252 e. The van der Waals surface area contributed by atoms with Gasteiger partial charge in [-0.25, -0.2) is 0 Å². The van der Waals surface area contributed by atoms with Crippen LogP contribution in [0, 0.1) is 6.92 Å². The van der Waals surface area contributed by atoms with Gasteiger partial charge in [-0.2, -0.15) is 5.10 Å². The van der Waals surface area contributed by atoms with E-state index < -0.39 is 36.4 Å². The van der Waals surface area contributed by atoms with Gasteiger partial charge in [0.1, 0.15) is 18.3 Å². The Morgan fingerprint density at radius 2 is 2.14 bits per heavy atom. The number of nitrogens with zero attached hydrogens (tertiary/aromatic N) is 2. The fourth-order valence-electron chi connectivity index (χ4n) is 2.34. The molecule has 0 spiro atoms. The number of hydrogen-bond donors (Lipinski definition) is 5. The van der Waals surface area contributed by atoms with Crippen LogP contribution in [0.5, 0.6) is 0 Å². The first-order chi connectivity index (χ1) is 10.4. The third-order valence-electron chi connectivity index (χ3n) is 3.62. The Kier molecular flexibility index (Phi) is 5.48. The summed E-state index contributed by atoms with van der Waals surface area (Å²) in [5.74, 6) is -0.569. The largest absolute Gasteiger partial charge is 0.388 e. The summed E-state index contributed by atoms with van der Waals surface area (Å²) in [6.45, 7) is 2.55. The van der Waals surface area contributed by atoms with Crippen molar-refractivity contribution in [3.63, 3.8) is 0 Å². The average molecular weight is 314 g/mol. The number of nitrogens with one attached hydrogen (secondary N) is 1. The molecule has 22 heavy (non-hydrogen) atoms. The van der Waals surface area contributed by atoms with Gasteiger partial charge in [-0.3, -0.25) is 9.48 Å². The molecule has 0 aliphatic carbocycles. The van der Waals surface area contributed by atoms with Gasteiger partial charge in [-0.15, -0.1) is 0 Å². The van der Waals surface area contributed by atoms with Crippen LogP contribution in [0.4, 0.5) is 0 Å². The van der Waals surface area contributed by atoms with Crippen LogP contribution in [0.25, 0.3) is 0 Å². The van der Waals surface area contributed by atoms with Crippen LogP contribution in [-0.4, -0.2) is 74.6 Å². The van der Waals surface area contributed by atoms with Crippen molar-refractivity contribution >= 4 is 5.91 Å². The average Bonchev–Trinajstić information content (AvgIpc) is 2.90. The zero-order valence-corrected chi connectivity index (χ0v) is 12.3. The van der Waals surface area contributed by atoms with Crippen LogP contribution in [0.1, 0.15) is 5.69 Å². The van der Waals surface area contributed by atoms with Crippen molar-refractivity contribution in [2.45, 2.75) is 44.0 Å². The lowest BCUT2D eigenvalue weighted by Gasteiger charge is -2.39. The second-order valence-electron chi connectivity index (χ2n) is 5.31. The van der Waals surface area contributed by atoms with Gasteiger partial charge in [-0.1, -0.05) is 0 Å². The van der Waals surface area contributed by atoms with Gasteiger partial charge in [0.2, 0.25) is 0 Å². The number of carbonyl (C=O) groups is 1. The summed E-state index contributed by atoms with van der Waals surface area (Å²) in [5.41, 5.74) is 6.30. The number of aliphatic hydroxyl groups is 3. The van der Waals surface area contributed by atoms with Crippen LogP contribution in [-0.2, 0) is 16.1 Å². The van der Waals surface area contributed by atoms with Crippen LogP contribution in [0.3, 0.4) is 0 Å². The predicted octanol–water partition coefficient (Wildman–Crippen LogP) is -2.88. The molecular formula is C13H22N4O5. The maximum atomic E-state index is 12.1. The highest BCUT2D eigenvalue weighted by Gasteiger charge is 2.45. The van der Waals surface area contributed by atoms with Crippen molar-refractivity contribution in [1.29, 1.82) is 0 Å². The van der Waals surface area contributed by atoms with Gasteiger partial charge in [0.25, 0.3) is 5.91 Å². The van der Waals surface area contributed by atoms with E-state index in [9.17, 15) is 20.1 Å². The molecule has 5 atom stereocenters. The molecule has 1 aromatic heterocycles. The minimum atomic E-state index is -1.51. The Balaban J connectivity index is 1.88. The molecule has 9 nitrogen and oxygen atoms in total. The van der Waals surface area contributed by atoms with E-state index in [0.29, 0.717) is 13.1 Å². The third-order valence-corrected chi connectivity index (χ3v) is 3.62. The van der Waals surface area contributed by atoms with Crippen molar-refractivity contribution in [3.8, 4) is 0 Å². The summed E-state index contributed by atoms with van der Waals surface area (Å²) >= 11 is 0. The topological polar surface area (TPSA) is 143 Å². The summed E-state index contributed by atoms with van der Waals surface area (Å²) in [5, 5.41) is 36.1. The Labute approximate surface area is 127 Å². The number of rotatable bonds is 5. The van der Waals surface area contributed by atoms with E-state index in [-0.39, 0.29) is 6.54 Å². The quantitative estimate of drug-likeness (QED) is 0.393. The molecule has 124 valence electrons. The van der Waals surface area contributed by atoms with E-state index in [1.807, 2.05) is 13.0 Å². The summed E-state index contributed by atoms with van der Waals surface area (Å²) in [7, 11) is 0. The van der Waals surface area contributed by atoms with Crippen molar-refractivity contribution < 1.29 is 24.9 Å². The highest BCUT2D eigenvalue weighted by Crippen LogP contribution is 2.20. The maximum absolute atomic E-state index is 12.1. The smallest absolute Gasteiger partial charge is 0.252 e. The Morgan fingerprint density at radius 1 is 1.41 bits per heavy atom. The van der Waals surface area contributed by atoms with Crippen molar-refractivity contribution in [2.75, 3.05) is 13.1 Å². The number of aryl methyl sites for hydroxylation is 1. The first-order valence-electron chi connectivity index (χ1n) is 7.11. The molecular weight excluding hydrogens is 292 g/mol. The van der Waals surface area contributed by atoms with Crippen LogP contribution in [0.2, 0.25) is 0 Å². The predicted molar refractivity (Wildman–Crippen MR) is 75.7 cm³/mol. The van der Waals surface area contributed by atoms with Crippen molar-refractivity contribution in [2.24, 2.45) is 5.73 Å². The van der Waals surface area contributed by atoms with Gasteiger partial charge in [0, 0.05) is 19.3 Å². The Hall–Kier alpha value is -1.52. The van der Waals surface area contributed by atoms with Crippen molar-refractivity contribution in [1.82, 2.24) is 15.1 Å². The first kappa shape index (κ1) is 16.8. The minimum absolute atomic E-state index is 0.0682. The molecule has 1 aliphatic rings. The molecule has 1 fully saturated rings. The fourth-order valence-corrected chi connectivity index (χ4v) is 2.34. The zero-order valence-electron chi connectivity index (χ0n) is 12.3. The summed E-state index contributed by atoms with van der Waals surface area (Å²) in [6.07, 6.45) is -4.69. The zero-order chi connectivity index (χ0) is 16.3. The number of nitrogens with two attached hydrogens (primary N) is 1. The molecule has 0 saturated carbocycles. The number of carbonyl (C=O) groups excluding carboxylic acids is 1. The van der Waals surface area contributed by atoms with Gasteiger partial charge < -0.3 is 31.1 Å². The van der Waals surface area contributed by atoms with Crippen molar-refractivity contribution in [3.05, 3.63) is 18.0 Å². The molecule has 6 N–H and O–H groups in total. The van der Waals surface area contributed by atoms with E-state index in [1.165, 1.54) is 0 Å². The molecule has 1 saturated heterocycles. The second-order valence-corrected chi connectivity index (χ2v) is 5.31. The summed E-state index contributed by atoms with van der Waals surface area (Å²) in [6, 6.07) is 1.85. The van der Waals surface area contributed by atoms with E-state index >= 15 is 0 Å². The Morgan fingerprint density at radius 3 is 2.73 bits per heavy atom. The highest BCUT2D eigenvalue weighted by molar-refractivity contribution is 5.81. The monoisotopic (exact) mass is 314 g/mol. The fraction of sp³-hybridized carbons (Fsp3) is 0.692.